The molecule has 0 radical (unpaired) electrons. The van der Waals surface area contributed by atoms with Crippen LogP contribution in [0.1, 0.15) is 67.3 Å². The second-order valence-electron chi connectivity index (χ2n) is 9.13. The summed E-state index contributed by atoms with van der Waals surface area (Å²) in [5, 5.41) is 6.66. The highest BCUT2D eigenvalue weighted by atomic mass is 35.5. The Bertz CT molecular complexity index is 1260. The SMILES string of the molecule is CC.CCc1ncccc1C(NC(=S)NNc1ncc(C(=O)NC(C)CCN(C)C)cc1Cl)c1cccc(F)c1. The molecule has 0 aliphatic rings. The predicted octanol–water partition coefficient (Wildman–Crippen LogP) is 5.51. The molecule has 0 saturated carbocycles. The molecule has 40 heavy (non-hydrogen) atoms. The van der Waals surface area contributed by atoms with Crippen LogP contribution in [-0.4, -0.2) is 52.6 Å². The number of hydrogen-bond acceptors (Lipinski definition) is 6. The number of carbonyl (C=O) groups is 1. The zero-order valence-electron chi connectivity index (χ0n) is 23.9. The van der Waals surface area contributed by atoms with Crippen LogP contribution in [0.3, 0.4) is 0 Å². The highest BCUT2D eigenvalue weighted by molar-refractivity contribution is 7.80. The predicted molar refractivity (Wildman–Crippen MR) is 165 cm³/mol. The lowest BCUT2D eigenvalue weighted by molar-refractivity contribution is 0.0936. The number of rotatable bonds is 11. The Morgan fingerprint density at radius 2 is 1.88 bits per heavy atom. The summed E-state index contributed by atoms with van der Waals surface area (Å²) >= 11 is 11.9. The van der Waals surface area contributed by atoms with E-state index in [2.05, 4.69) is 36.4 Å². The fourth-order valence-electron chi connectivity index (χ4n) is 3.80. The largest absolute Gasteiger partial charge is 0.350 e. The van der Waals surface area contributed by atoms with Crippen molar-refractivity contribution in [1.82, 2.24) is 30.9 Å². The monoisotopic (exact) mass is 587 g/mol. The molecular formula is C29H39ClFN7OS. The highest BCUT2D eigenvalue weighted by Gasteiger charge is 2.20. The lowest BCUT2D eigenvalue weighted by Gasteiger charge is -2.24. The molecule has 2 atom stereocenters. The number of amides is 1. The first-order valence-corrected chi connectivity index (χ1v) is 14.1. The third-order valence-corrected chi connectivity index (χ3v) is 6.32. The van der Waals surface area contributed by atoms with Gasteiger partial charge in [0.1, 0.15) is 5.82 Å². The van der Waals surface area contributed by atoms with Crippen molar-refractivity contribution in [3.8, 4) is 0 Å². The van der Waals surface area contributed by atoms with E-state index in [9.17, 15) is 9.18 Å². The highest BCUT2D eigenvalue weighted by Crippen LogP contribution is 2.25. The van der Waals surface area contributed by atoms with Gasteiger partial charge in [0, 0.05) is 29.7 Å². The van der Waals surface area contributed by atoms with E-state index < -0.39 is 6.04 Å². The van der Waals surface area contributed by atoms with E-state index in [1.54, 1.807) is 18.3 Å². The van der Waals surface area contributed by atoms with E-state index in [1.165, 1.54) is 18.3 Å². The first-order valence-electron chi connectivity index (χ1n) is 13.3. The summed E-state index contributed by atoms with van der Waals surface area (Å²) in [6, 6.07) is 11.2. The third-order valence-electron chi connectivity index (χ3n) is 5.81. The molecule has 0 bridgehead atoms. The number of nitrogens with zero attached hydrogens (tertiary/aromatic N) is 3. The Morgan fingerprint density at radius 1 is 1.12 bits per heavy atom. The topological polar surface area (TPSA) is 94.2 Å². The fourth-order valence-corrected chi connectivity index (χ4v) is 4.19. The number of aromatic nitrogens is 2. The summed E-state index contributed by atoms with van der Waals surface area (Å²) in [4.78, 5) is 23.4. The second kappa shape index (κ2) is 16.7. The van der Waals surface area contributed by atoms with E-state index >= 15 is 0 Å². The first-order chi connectivity index (χ1) is 19.2. The van der Waals surface area contributed by atoms with Gasteiger partial charge in [0.25, 0.3) is 5.91 Å². The van der Waals surface area contributed by atoms with Crippen LogP contribution in [0.4, 0.5) is 10.2 Å². The van der Waals surface area contributed by atoms with Crippen molar-refractivity contribution >= 4 is 40.7 Å². The molecule has 0 spiro atoms. The number of nitrogens with one attached hydrogen (secondary N) is 4. The van der Waals surface area contributed by atoms with Gasteiger partial charge in [-0.05, 0) is 82.5 Å². The lowest BCUT2D eigenvalue weighted by atomic mass is 9.96. The van der Waals surface area contributed by atoms with Crippen LogP contribution in [0.5, 0.6) is 0 Å². The minimum absolute atomic E-state index is 0.00525. The van der Waals surface area contributed by atoms with Gasteiger partial charge in [-0.15, -0.1) is 0 Å². The molecule has 0 fully saturated rings. The van der Waals surface area contributed by atoms with E-state index in [1.807, 2.05) is 60.0 Å². The van der Waals surface area contributed by atoms with E-state index in [0.717, 1.165) is 24.2 Å². The summed E-state index contributed by atoms with van der Waals surface area (Å²) in [6.45, 7) is 8.83. The van der Waals surface area contributed by atoms with Crippen LogP contribution in [0.2, 0.25) is 5.02 Å². The van der Waals surface area contributed by atoms with Gasteiger partial charge in [-0.1, -0.05) is 50.6 Å². The normalized spacial score (nSPS) is 12.0. The lowest BCUT2D eigenvalue weighted by Crippen LogP contribution is -2.41. The summed E-state index contributed by atoms with van der Waals surface area (Å²) in [7, 11) is 3.98. The molecule has 8 nitrogen and oxygen atoms in total. The van der Waals surface area contributed by atoms with E-state index in [-0.39, 0.29) is 27.9 Å². The van der Waals surface area contributed by atoms with Gasteiger partial charge in [-0.25, -0.2) is 9.37 Å². The molecule has 2 aromatic heterocycles. The van der Waals surface area contributed by atoms with Crippen LogP contribution in [0, 0.1) is 5.82 Å². The molecule has 2 heterocycles. The number of benzene rings is 1. The van der Waals surface area contributed by atoms with Crippen molar-refractivity contribution < 1.29 is 9.18 Å². The maximum absolute atomic E-state index is 14.0. The zero-order chi connectivity index (χ0) is 29.7. The molecule has 1 amide bonds. The molecule has 0 aliphatic heterocycles. The van der Waals surface area contributed by atoms with E-state index in [0.29, 0.717) is 23.4 Å². The van der Waals surface area contributed by atoms with Crippen molar-refractivity contribution in [1.29, 1.82) is 0 Å². The van der Waals surface area contributed by atoms with Crippen LogP contribution in [0.25, 0.3) is 0 Å². The van der Waals surface area contributed by atoms with Crippen LogP contribution in [0.15, 0.2) is 54.9 Å². The number of thiocarbonyl (C=S) groups is 1. The van der Waals surface area contributed by atoms with Crippen molar-refractivity contribution in [2.24, 2.45) is 0 Å². The fraction of sp³-hybridized carbons (Fsp3) is 0.379. The summed E-state index contributed by atoms with van der Waals surface area (Å²) in [6.07, 6.45) is 4.70. The summed E-state index contributed by atoms with van der Waals surface area (Å²) < 4.78 is 14.0. The van der Waals surface area contributed by atoms with Gasteiger partial charge < -0.3 is 15.5 Å². The summed E-state index contributed by atoms with van der Waals surface area (Å²) in [5.41, 5.74) is 8.56. The maximum atomic E-state index is 14.0. The van der Waals surface area contributed by atoms with Gasteiger partial charge in [0.15, 0.2) is 10.9 Å². The molecule has 1 aromatic carbocycles. The number of pyridine rings is 2. The minimum atomic E-state index is -0.444. The molecule has 3 rings (SSSR count). The molecule has 3 aromatic rings. The van der Waals surface area contributed by atoms with Gasteiger partial charge in [-0.3, -0.25) is 20.6 Å². The quantitative estimate of drug-likeness (QED) is 0.172. The van der Waals surface area contributed by atoms with E-state index in [4.69, 9.17) is 23.8 Å². The molecule has 2 unspecified atom stereocenters. The Labute approximate surface area is 247 Å². The average molecular weight is 588 g/mol. The number of halogens is 2. The Balaban J connectivity index is 0.00000274. The zero-order valence-corrected chi connectivity index (χ0v) is 25.5. The average Bonchev–Trinajstić information content (AvgIpc) is 2.95. The molecule has 4 N–H and O–H groups in total. The number of anilines is 1. The smallest absolute Gasteiger partial charge is 0.253 e. The second-order valence-corrected chi connectivity index (χ2v) is 9.94. The number of hydrogen-bond donors (Lipinski definition) is 4. The number of hydrazine groups is 1. The Kier molecular flexibility index (Phi) is 13.7. The van der Waals surface area contributed by atoms with Crippen molar-refractivity contribution in [3.05, 3.63) is 88.1 Å². The number of aryl methyl sites for hydroxylation is 1. The summed E-state index contributed by atoms with van der Waals surface area (Å²) in [5.74, 6) is -0.296. The van der Waals surface area contributed by atoms with Crippen LogP contribution < -0.4 is 21.5 Å². The van der Waals surface area contributed by atoms with Crippen molar-refractivity contribution in [3.63, 3.8) is 0 Å². The van der Waals surface area contributed by atoms with Gasteiger partial charge in [-0.2, -0.15) is 0 Å². The Morgan fingerprint density at radius 3 is 2.52 bits per heavy atom. The Hall–Kier alpha value is -3.34. The standard InChI is InChI=1S/C27H33ClFN7OS.C2H6/c1-5-23-21(10-7-12-30-23)24(18-8-6-9-20(29)14-18)33-27(38)35-34-25-22(28)15-19(16-31-25)26(37)32-17(2)11-13-36(3)4;1-2/h6-10,12,14-17,24H,5,11,13H2,1-4H3,(H,31,34)(H,32,37)(H2,33,35,38);1-2H3. The van der Waals surface area contributed by atoms with Crippen LogP contribution >= 0.6 is 23.8 Å². The van der Waals surface area contributed by atoms with Gasteiger partial charge >= 0.3 is 0 Å². The molecule has 11 heteroatoms. The van der Waals surface area contributed by atoms with Gasteiger partial charge in [0.2, 0.25) is 0 Å². The van der Waals surface area contributed by atoms with Crippen molar-refractivity contribution in [2.75, 3.05) is 26.1 Å². The molecule has 0 aliphatic carbocycles. The van der Waals surface area contributed by atoms with Crippen LogP contribution in [-0.2, 0) is 6.42 Å². The first kappa shape index (κ1) is 32.9. The maximum Gasteiger partial charge on any atom is 0.253 e. The number of carbonyl (C=O) groups excluding carboxylic acids is 1. The minimum Gasteiger partial charge on any atom is -0.350 e. The molecule has 216 valence electrons. The molecule has 0 saturated heterocycles. The van der Waals surface area contributed by atoms with Crippen molar-refractivity contribution in [2.45, 2.75) is 52.6 Å². The molecular weight excluding hydrogens is 549 g/mol. The third kappa shape index (κ3) is 10.0. The van der Waals surface area contributed by atoms with Gasteiger partial charge in [0.05, 0.1) is 16.6 Å².